The predicted molar refractivity (Wildman–Crippen MR) is 44.8 cm³/mol. The zero-order chi connectivity index (χ0) is 9.42. The lowest BCUT2D eigenvalue weighted by Gasteiger charge is -2.28. The highest BCUT2D eigenvalue weighted by atomic mass is 16.5. The van der Waals surface area contributed by atoms with E-state index in [2.05, 4.69) is 5.32 Å². The molecule has 1 aliphatic heterocycles. The second kappa shape index (κ2) is 2.96. The predicted octanol–water partition coefficient (Wildman–Crippen LogP) is 0.138. The van der Waals surface area contributed by atoms with E-state index >= 15 is 0 Å². The Kier molecular flexibility index (Phi) is 1.92. The Morgan fingerprint density at radius 3 is 2.54 bits per heavy atom. The minimum atomic E-state index is -0.213. The zero-order valence-corrected chi connectivity index (χ0v) is 7.42. The van der Waals surface area contributed by atoms with Crippen LogP contribution in [-0.4, -0.2) is 25.0 Å². The second-order valence-corrected chi connectivity index (χ2v) is 3.40. The summed E-state index contributed by atoms with van der Waals surface area (Å²) in [6.45, 7) is 0. The van der Waals surface area contributed by atoms with Gasteiger partial charge in [0.2, 0.25) is 5.91 Å². The van der Waals surface area contributed by atoms with Crippen molar-refractivity contribution in [1.82, 2.24) is 5.32 Å². The van der Waals surface area contributed by atoms with E-state index in [1.807, 2.05) is 0 Å². The normalized spacial score (nSPS) is 27.6. The number of carbonyl (C=O) groups is 2. The van der Waals surface area contributed by atoms with Crippen LogP contribution in [0.4, 0.5) is 0 Å². The Bertz CT molecular complexity index is 298. The van der Waals surface area contributed by atoms with Gasteiger partial charge >= 0.3 is 0 Å². The smallest absolute Gasteiger partial charge is 0.254 e. The molecule has 2 fully saturated rings. The third-order valence-electron chi connectivity index (χ3n) is 2.57. The number of rotatable bonds is 1. The van der Waals surface area contributed by atoms with Gasteiger partial charge in [0, 0.05) is 12.7 Å². The van der Waals surface area contributed by atoms with E-state index in [-0.39, 0.29) is 24.3 Å². The van der Waals surface area contributed by atoms with Crippen LogP contribution in [0, 0.1) is 0 Å². The van der Waals surface area contributed by atoms with Gasteiger partial charge in [-0.3, -0.25) is 14.9 Å². The number of imide groups is 1. The standard InChI is InChI=1S/C9H11NO3/c1-13-6-2-5(3-6)7-4-8(11)10-9(7)12/h6H,2-4H2,1H3,(H,10,11,12). The van der Waals surface area contributed by atoms with Crippen LogP contribution in [0.1, 0.15) is 19.3 Å². The molecule has 0 spiro atoms. The van der Waals surface area contributed by atoms with Crippen LogP contribution in [0.5, 0.6) is 0 Å². The average Bonchev–Trinajstić information content (AvgIpc) is 2.29. The molecule has 13 heavy (non-hydrogen) atoms. The summed E-state index contributed by atoms with van der Waals surface area (Å²) in [5.74, 6) is -0.400. The largest absolute Gasteiger partial charge is 0.381 e. The Morgan fingerprint density at radius 1 is 1.38 bits per heavy atom. The molecule has 0 radical (unpaired) electrons. The van der Waals surface area contributed by atoms with Crippen LogP contribution in [0.2, 0.25) is 0 Å². The minimum Gasteiger partial charge on any atom is -0.381 e. The fourth-order valence-electron chi connectivity index (χ4n) is 1.68. The number of carbonyl (C=O) groups excluding carboxylic acids is 2. The van der Waals surface area contributed by atoms with Gasteiger partial charge in [0.05, 0.1) is 12.5 Å². The first kappa shape index (κ1) is 8.44. The average molecular weight is 181 g/mol. The summed E-state index contributed by atoms with van der Waals surface area (Å²) in [5.41, 5.74) is 1.74. The third kappa shape index (κ3) is 1.37. The lowest BCUT2D eigenvalue weighted by atomic mass is 9.84. The third-order valence-corrected chi connectivity index (χ3v) is 2.57. The van der Waals surface area contributed by atoms with Gasteiger partial charge in [-0.05, 0) is 12.8 Å². The van der Waals surface area contributed by atoms with Crippen molar-refractivity contribution in [2.24, 2.45) is 0 Å². The molecule has 0 bridgehead atoms. The minimum absolute atomic E-state index is 0.187. The molecule has 1 aliphatic carbocycles. The van der Waals surface area contributed by atoms with Crippen LogP contribution < -0.4 is 5.32 Å². The van der Waals surface area contributed by atoms with Crippen LogP contribution >= 0.6 is 0 Å². The quantitative estimate of drug-likeness (QED) is 0.462. The zero-order valence-electron chi connectivity index (χ0n) is 7.42. The van der Waals surface area contributed by atoms with Crippen molar-refractivity contribution in [3.05, 3.63) is 11.1 Å². The van der Waals surface area contributed by atoms with E-state index in [4.69, 9.17) is 4.74 Å². The maximum atomic E-state index is 11.2. The van der Waals surface area contributed by atoms with Gasteiger partial charge in [-0.25, -0.2) is 0 Å². The lowest BCUT2D eigenvalue weighted by Crippen LogP contribution is -2.26. The Labute approximate surface area is 75.9 Å². The molecular formula is C9H11NO3. The Hall–Kier alpha value is -1.16. The summed E-state index contributed by atoms with van der Waals surface area (Å²) in [5, 5.41) is 2.27. The molecule has 0 unspecified atom stereocenters. The highest BCUT2D eigenvalue weighted by Gasteiger charge is 2.33. The van der Waals surface area contributed by atoms with Crippen molar-refractivity contribution in [2.75, 3.05) is 7.11 Å². The molecule has 0 aromatic rings. The van der Waals surface area contributed by atoms with Gasteiger partial charge in [-0.2, -0.15) is 0 Å². The Balaban J connectivity index is 2.09. The molecule has 1 heterocycles. The van der Waals surface area contributed by atoms with Gasteiger partial charge in [-0.1, -0.05) is 5.57 Å². The second-order valence-electron chi connectivity index (χ2n) is 3.40. The SMILES string of the molecule is COC1CC(=C2CC(=O)NC2=O)C1. The molecule has 4 nitrogen and oxygen atoms in total. The first-order valence-electron chi connectivity index (χ1n) is 4.28. The van der Waals surface area contributed by atoms with Crippen molar-refractivity contribution in [2.45, 2.75) is 25.4 Å². The van der Waals surface area contributed by atoms with Crippen LogP contribution in [0.3, 0.4) is 0 Å². The summed E-state index contributed by atoms with van der Waals surface area (Å²) in [4.78, 5) is 22.0. The molecular weight excluding hydrogens is 170 g/mol. The van der Waals surface area contributed by atoms with Gasteiger partial charge < -0.3 is 4.74 Å². The van der Waals surface area contributed by atoms with E-state index in [0.29, 0.717) is 5.57 Å². The first-order chi connectivity index (χ1) is 6.20. The Morgan fingerprint density at radius 2 is 2.08 bits per heavy atom. The fourth-order valence-corrected chi connectivity index (χ4v) is 1.68. The molecule has 2 amide bonds. The van der Waals surface area contributed by atoms with E-state index in [9.17, 15) is 9.59 Å². The first-order valence-corrected chi connectivity index (χ1v) is 4.28. The molecule has 0 aromatic heterocycles. The van der Waals surface area contributed by atoms with Crippen LogP contribution in [-0.2, 0) is 14.3 Å². The van der Waals surface area contributed by atoms with Gasteiger partial charge in [0.25, 0.3) is 5.91 Å². The topological polar surface area (TPSA) is 55.4 Å². The summed E-state index contributed by atoms with van der Waals surface area (Å²) < 4.78 is 5.09. The van der Waals surface area contributed by atoms with Gasteiger partial charge in [0.15, 0.2) is 0 Å². The van der Waals surface area contributed by atoms with E-state index < -0.39 is 0 Å². The maximum Gasteiger partial charge on any atom is 0.254 e. The van der Waals surface area contributed by atoms with E-state index in [0.717, 1.165) is 18.4 Å². The number of ether oxygens (including phenoxy) is 1. The van der Waals surface area contributed by atoms with Crippen molar-refractivity contribution < 1.29 is 14.3 Å². The number of methoxy groups -OCH3 is 1. The highest BCUT2D eigenvalue weighted by molar-refractivity contribution is 6.13. The summed E-state index contributed by atoms with van der Waals surface area (Å²) >= 11 is 0. The van der Waals surface area contributed by atoms with Crippen molar-refractivity contribution >= 4 is 11.8 Å². The molecule has 0 aromatic carbocycles. The summed E-state index contributed by atoms with van der Waals surface area (Å²) in [6, 6.07) is 0. The molecule has 4 heteroatoms. The molecule has 1 saturated heterocycles. The monoisotopic (exact) mass is 181 g/mol. The molecule has 2 rings (SSSR count). The molecule has 1 N–H and O–H groups in total. The van der Waals surface area contributed by atoms with Crippen molar-refractivity contribution in [1.29, 1.82) is 0 Å². The van der Waals surface area contributed by atoms with E-state index in [1.165, 1.54) is 0 Å². The van der Waals surface area contributed by atoms with Crippen molar-refractivity contribution in [3.8, 4) is 0 Å². The number of hydrogen-bond donors (Lipinski definition) is 1. The fraction of sp³-hybridized carbons (Fsp3) is 0.556. The van der Waals surface area contributed by atoms with Gasteiger partial charge in [0.1, 0.15) is 0 Å². The lowest BCUT2D eigenvalue weighted by molar-refractivity contribution is -0.124. The summed E-state index contributed by atoms with van der Waals surface area (Å²) in [7, 11) is 1.66. The van der Waals surface area contributed by atoms with Crippen LogP contribution in [0.25, 0.3) is 0 Å². The van der Waals surface area contributed by atoms with Gasteiger partial charge in [-0.15, -0.1) is 0 Å². The number of nitrogens with one attached hydrogen (secondary N) is 1. The van der Waals surface area contributed by atoms with E-state index in [1.54, 1.807) is 7.11 Å². The molecule has 1 saturated carbocycles. The number of amides is 2. The van der Waals surface area contributed by atoms with Crippen molar-refractivity contribution in [3.63, 3.8) is 0 Å². The highest BCUT2D eigenvalue weighted by Crippen LogP contribution is 2.33. The maximum absolute atomic E-state index is 11.2. The summed E-state index contributed by atoms with van der Waals surface area (Å²) in [6.07, 6.45) is 2.09. The number of hydrogen-bond acceptors (Lipinski definition) is 3. The molecule has 70 valence electrons. The molecule has 2 aliphatic rings. The molecule has 0 atom stereocenters. The van der Waals surface area contributed by atoms with Crippen LogP contribution in [0.15, 0.2) is 11.1 Å².